The summed E-state index contributed by atoms with van der Waals surface area (Å²) in [6, 6.07) is 10.1. The van der Waals surface area contributed by atoms with Crippen LogP contribution in [0.15, 0.2) is 30.3 Å². The summed E-state index contributed by atoms with van der Waals surface area (Å²) in [4.78, 5) is 2.23. The number of para-hydroxylation sites is 1. The molecular weight excluding hydrogens is 312 g/mol. The molecule has 1 heterocycles. The van der Waals surface area contributed by atoms with Crippen LogP contribution in [0.5, 0.6) is 0 Å². The highest BCUT2D eigenvalue weighted by Crippen LogP contribution is 2.25. The number of hydrogen-bond acceptors (Lipinski definition) is 4. The Labute approximate surface area is 140 Å². The van der Waals surface area contributed by atoms with Crippen LogP contribution < -0.4 is 4.90 Å². The van der Waals surface area contributed by atoms with Crippen molar-refractivity contribution in [3.63, 3.8) is 0 Å². The van der Waals surface area contributed by atoms with Crippen LogP contribution in [0.3, 0.4) is 0 Å². The molecule has 1 fully saturated rings. The van der Waals surface area contributed by atoms with Crippen molar-refractivity contribution >= 4 is 15.7 Å². The van der Waals surface area contributed by atoms with E-state index in [0.29, 0.717) is 19.0 Å². The Kier molecular flexibility index (Phi) is 6.44. The quantitative estimate of drug-likeness (QED) is 0.824. The van der Waals surface area contributed by atoms with Gasteiger partial charge in [-0.05, 0) is 37.3 Å². The van der Waals surface area contributed by atoms with Crippen molar-refractivity contribution < 1.29 is 13.5 Å². The topological polar surface area (TPSA) is 60.9 Å². The highest BCUT2D eigenvalue weighted by Gasteiger charge is 2.28. The number of benzene rings is 1. The van der Waals surface area contributed by atoms with E-state index >= 15 is 0 Å². The fourth-order valence-corrected chi connectivity index (χ4v) is 4.23. The summed E-state index contributed by atoms with van der Waals surface area (Å²) in [5.74, 6) is 0.291. The Hall–Kier alpha value is -1.11. The van der Waals surface area contributed by atoms with Gasteiger partial charge in [-0.2, -0.15) is 0 Å². The van der Waals surface area contributed by atoms with Gasteiger partial charge in [0.2, 0.25) is 10.0 Å². The zero-order valence-electron chi connectivity index (χ0n) is 14.1. The molecule has 130 valence electrons. The van der Waals surface area contributed by atoms with Gasteiger partial charge >= 0.3 is 0 Å². The molecule has 2 rings (SSSR count). The van der Waals surface area contributed by atoms with E-state index in [1.54, 1.807) is 4.31 Å². The number of piperidine rings is 1. The summed E-state index contributed by atoms with van der Waals surface area (Å²) in [6.45, 7) is 4.14. The summed E-state index contributed by atoms with van der Waals surface area (Å²) >= 11 is 0. The first-order chi connectivity index (χ1) is 11.0. The number of aliphatic hydroxyl groups is 1. The third-order valence-corrected chi connectivity index (χ3v) is 5.89. The first-order valence-electron chi connectivity index (χ1n) is 8.33. The molecule has 0 spiro atoms. The lowest BCUT2D eigenvalue weighted by Gasteiger charge is -2.38. The Bertz CT molecular complexity index is 573. The van der Waals surface area contributed by atoms with Gasteiger partial charge in [-0.25, -0.2) is 12.7 Å². The van der Waals surface area contributed by atoms with Crippen LogP contribution >= 0.6 is 0 Å². The van der Waals surface area contributed by atoms with Gasteiger partial charge in [0.05, 0.1) is 18.9 Å². The maximum atomic E-state index is 11.8. The van der Waals surface area contributed by atoms with E-state index in [0.717, 1.165) is 31.5 Å². The van der Waals surface area contributed by atoms with Crippen LogP contribution in [0.25, 0.3) is 0 Å². The molecular formula is C17H28N2O3S. The lowest BCUT2D eigenvalue weighted by Crippen LogP contribution is -2.46. The van der Waals surface area contributed by atoms with Crippen LogP contribution in [-0.4, -0.2) is 56.4 Å². The highest BCUT2D eigenvalue weighted by atomic mass is 32.2. The van der Waals surface area contributed by atoms with E-state index in [-0.39, 0.29) is 12.6 Å². The summed E-state index contributed by atoms with van der Waals surface area (Å²) in [5, 5.41) is 9.72. The van der Waals surface area contributed by atoms with Crippen molar-refractivity contribution in [2.24, 2.45) is 5.92 Å². The van der Waals surface area contributed by atoms with Crippen LogP contribution in [0.4, 0.5) is 5.69 Å². The molecule has 6 heteroatoms. The second-order valence-electron chi connectivity index (χ2n) is 6.36. The summed E-state index contributed by atoms with van der Waals surface area (Å²) in [5.41, 5.74) is 1.09. The molecule has 5 nitrogen and oxygen atoms in total. The second-order valence-corrected chi connectivity index (χ2v) is 8.34. The van der Waals surface area contributed by atoms with Gasteiger partial charge in [-0.15, -0.1) is 0 Å². The molecule has 1 aliphatic heterocycles. The molecule has 0 saturated carbocycles. The van der Waals surface area contributed by atoms with Gasteiger partial charge < -0.3 is 10.0 Å². The maximum Gasteiger partial charge on any atom is 0.211 e. The maximum absolute atomic E-state index is 11.8. The molecule has 1 aromatic carbocycles. The fourth-order valence-electron chi connectivity index (χ4n) is 3.29. The molecule has 0 bridgehead atoms. The number of aliphatic hydroxyl groups excluding tert-OH is 1. The number of sulfonamides is 1. The van der Waals surface area contributed by atoms with Crippen LogP contribution in [0.1, 0.15) is 26.2 Å². The smallest absolute Gasteiger partial charge is 0.211 e. The predicted octanol–water partition coefficient (Wildman–Crippen LogP) is 1.94. The van der Waals surface area contributed by atoms with Gasteiger partial charge in [-0.1, -0.05) is 25.1 Å². The lowest BCUT2D eigenvalue weighted by atomic mass is 9.97. The Balaban J connectivity index is 2.14. The van der Waals surface area contributed by atoms with Crippen molar-refractivity contribution in [3.8, 4) is 0 Å². The van der Waals surface area contributed by atoms with Crippen LogP contribution in [-0.2, 0) is 10.0 Å². The Morgan fingerprint density at radius 2 is 2.04 bits per heavy atom. The summed E-state index contributed by atoms with van der Waals surface area (Å²) in [7, 11) is -3.13. The van der Waals surface area contributed by atoms with Crippen LogP contribution in [0.2, 0.25) is 0 Å². The molecule has 0 radical (unpaired) electrons. The van der Waals surface area contributed by atoms with E-state index in [1.807, 2.05) is 18.2 Å². The predicted molar refractivity (Wildman–Crippen MR) is 94.1 cm³/mol. The molecule has 0 unspecified atom stereocenters. The molecule has 0 aromatic heterocycles. The molecule has 2 atom stereocenters. The third-order valence-electron chi connectivity index (χ3n) is 4.62. The first-order valence-corrected chi connectivity index (χ1v) is 10.2. The van der Waals surface area contributed by atoms with Crippen molar-refractivity contribution in [1.29, 1.82) is 0 Å². The molecule has 0 aliphatic carbocycles. The molecule has 23 heavy (non-hydrogen) atoms. The number of hydrogen-bond donors (Lipinski definition) is 1. The number of nitrogens with zero attached hydrogens (tertiary/aromatic N) is 2. The minimum atomic E-state index is -3.13. The average molecular weight is 340 g/mol. The standard InChI is InChI=1S/C17H28N2O3S/c1-3-16(14-20)19(17-9-5-4-6-10-17)13-15-8-7-11-18(12-15)23(2,21)22/h4-6,9-10,15-16,20H,3,7-8,11-14H2,1-2H3/t15-,16+/m1/s1. The van der Waals surface area contributed by atoms with Crippen molar-refractivity contribution in [3.05, 3.63) is 30.3 Å². The fraction of sp³-hybridized carbons (Fsp3) is 0.647. The summed E-state index contributed by atoms with van der Waals surface area (Å²) in [6.07, 6.45) is 4.06. The zero-order valence-corrected chi connectivity index (χ0v) is 14.9. The average Bonchev–Trinajstić information content (AvgIpc) is 2.55. The van der Waals surface area contributed by atoms with E-state index in [4.69, 9.17) is 0 Å². The molecule has 1 aliphatic rings. The minimum absolute atomic E-state index is 0.0611. The second kappa shape index (κ2) is 8.13. The third kappa shape index (κ3) is 4.93. The Morgan fingerprint density at radius 3 is 2.61 bits per heavy atom. The highest BCUT2D eigenvalue weighted by molar-refractivity contribution is 7.88. The monoisotopic (exact) mass is 340 g/mol. The van der Waals surface area contributed by atoms with Gasteiger partial charge in [0, 0.05) is 25.3 Å². The van der Waals surface area contributed by atoms with Crippen molar-refractivity contribution in [2.45, 2.75) is 32.2 Å². The molecule has 1 aromatic rings. The largest absolute Gasteiger partial charge is 0.394 e. The van der Waals surface area contributed by atoms with Gasteiger partial charge in [0.25, 0.3) is 0 Å². The molecule has 1 saturated heterocycles. The number of rotatable bonds is 7. The first kappa shape index (κ1) is 18.2. The van der Waals surface area contributed by atoms with Crippen LogP contribution in [0, 0.1) is 5.92 Å². The van der Waals surface area contributed by atoms with E-state index in [9.17, 15) is 13.5 Å². The molecule has 0 amide bonds. The SMILES string of the molecule is CC[C@@H](CO)N(C[C@@H]1CCCN(S(C)(=O)=O)C1)c1ccccc1. The van der Waals surface area contributed by atoms with Gasteiger partial charge in [0.1, 0.15) is 0 Å². The van der Waals surface area contributed by atoms with Crippen molar-refractivity contribution in [2.75, 3.05) is 37.4 Å². The van der Waals surface area contributed by atoms with E-state index < -0.39 is 10.0 Å². The van der Waals surface area contributed by atoms with E-state index in [2.05, 4.69) is 24.0 Å². The molecule has 1 N–H and O–H groups in total. The Morgan fingerprint density at radius 1 is 1.35 bits per heavy atom. The lowest BCUT2D eigenvalue weighted by molar-refractivity contribution is 0.234. The van der Waals surface area contributed by atoms with Crippen molar-refractivity contribution in [1.82, 2.24) is 4.31 Å². The zero-order chi connectivity index (χ0) is 16.9. The van der Waals surface area contributed by atoms with E-state index in [1.165, 1.54) is 6.26 Å². The summed E-state index contributed by atoms with van der Waals surface area (Å²) < 4.78 is 25.2. The van der Waals surface area contributed by atoms with Gasteiger partial charge in [0.15, 0.2) is 0 Å². The number of anilines is 1. The normalized spacial score (nSPS) is 21.1. The van der Waals surface area contributed by atoms with Gasteiger partial charge in [-0.3, -0.25) is 0 Å². The minimum Gasteiger partial charge on any atom is -0.394 e.